The molecule has 2 aliphatic rings. The molecule has 12 heavy (non-hydrogen) atoms. The van der Waals surface area contributed by atoms with E-state index in [0.29, 0.717) is 6.04 Å². The molecule has 0 radical (unpaired) electrons. The Morgan fingerprint density at radius 3 is 2.75 bits per heavy atom. The molecule has 0 saturated carbocycles. The predicted octanol–water partition coefficient (Wildman–Crippen LogP) is 1.43. The highest BCUT2D eigenvalue weighted by molar-refractivity contribution is 4.98. The quantitative estimate of drug-likeness (QED) is 0.548. The molecule has 0 N–H and O–H groups in total. The third-order valence-electron chi connectivity index (χ3n) is 2.74. The normalized spacial score (nSPS) is 32.2. The summed E-state index contributed by atoms with van der Waals surface area (Å²) in [6.45, 7) is 4.08. The first kappa shape index (κ1) is 8.27. The van der Waals surface area contributed by atoms with E-state index in [9.17, 15) is 0 Å². The minimum atomic E-state index is 0.711. The number of hydrogen-bond donors (Lipinski definition) is 0. The van der Waals surface area contributed by atoms with E-state index in [2.05, 4.69) is 17.1 Å². The fourth-order valence-corrected chi connectivity index (χ4v) is 2.01. The van der Waals surface area contributed by atoms with Gasteiger partial charge in [-0.25, -0.2) is 0 Å². The SMILES string of the molecule is C1=C[C@@H](N2CCOCC2)CCC1. The van der Waals surface area contributed by atoms with Crippen LogP contribution in [0.1, 0.15) is 19.3 Å². The lowest BCUT2D eigenvalue weighted by Gasteiger charge is -2.34. The Bertz CT molecular complexity index is 161. The van der Waals surface area contributed by atoms with Crippen molar-refractivity contribution in [3.63, 3.8) is 0 Å². The van der Waals surface area contributed by atoms with Crippen molar-refractivity contribution in [2.45, 2.75) is 25.3 Å². The van der Waals surface area contributed by atoms with E-state index >= 15 is 0 Å². The van der Waals surface area contributed by atoms with E-state index in [1.54, 1.807) is 0 Å². The maximum absolute atomic E-state index is 5.32. The van der Waals surface area contributed by atoms with E-state index in [1.807, 2.05) is 0 Å². The fraction of sp³-hybridized carbons (Fsp3) is 0.800. The molecule has 1 aliphatic heterocycles. The van der Waals surface area contributed by atoms with Gasteiger partial charge in [0.2, 0.25) is 0 Å². The number of nitrogens with zero attached hydrogens (tertiary/aromatic N) is 1. The maximum atomic E-state index is 5.32. The highest BCUT2D eigenvalue weighted by Crippen LogP contribution is 2.17. The zero-order valence-corrected chi connectivity index (χ0v) is 7.54. The summed E-state index contributed by atoms with van der Waals surface area (Å²) >= 11 is 0. The molecule has 1 atom stereocenters. The van der Waals surface area contributed by atoms with Crippen molar-refractivity contribution < 1.29 is 4.74 Å². The molecule has 0 bridgehead atoms. The van der Waals surface area contributed by atoms with E-state index < -0.39 is 0 Å². The van der Waals surface area contributed by atoms with Gasteiger partial charge in [-0.15, -0.1) is 0 Å². The van der Waals surface area contributed by atoms with Gasteiger partial charge in [-0.3, -0.25) is 4.90 Å². The maximum Gasteiger partial charge on any atom is 0.0594 e. The summed E-state index contributed by atoms with van der Waals surface area (Å²) in [6, 6.07) is 0.711. The van der Waals surface area contributed by atoms with Gasteiger partial charge in [-0.05, 0) is 19.3 Å². The van der Waals surface area contributed by atoms with Gasteiger partial charge in [-0.2, -0.15) is 0 Å². The number of ether oxygens (including phenoxy) is 1. The molecule has 0 aromatic heterocycles. The topological polar surface area (TPSA) is 12.5 Å². The predicted molar refractivity (Wildman–Crippen MR) is 49.2 cm³/mol. The summed E-state index contributed by atoms with van der Waals surface area (Å²) in [7, 11) is 0. The summed E-state index contributed by atoms with van der Waals surface area (Å²) in [6.07, 6.45) is 8.67. The third kappa shape index (κ3) is 1.87. The van der Waals surface area contributed by atoms with Crippen molar-refractivity contribution in [3.05, 3.63) is 12.2 Å². The van der Waals surface area contributed by atoms with Gasteiger partial charge in [0.1, 0.15) is 0 Å². The first-order valence-corrected chi connectivity index (χ1v) is 4.95. The van der Waals surface area contributed by atoms with E-state index in [1.165, 1.54) is 19.3 Å². The number of hydrogen-bond acceptors (Lipinski definition) is 2. The molecule has 1 aliphatic carbocycles. The zero-order chi connectivity index (χ0) is 8.23. The molecule has 0 amide bonds. The molecular formula is C10H17NO. The van der Waals surface area contributed by atoms with Crippen LogP contribution in [0.15, 0.2) is 12.2 Å². The Hall–Kier alpha value is -0.340. The van der Waals surface area contributed by atoms with Gasteiger partial charge in [0.25, 0.3) is 0 Å². The molecule has 2 rings (SSSR count). The average molecular weight is 167 g/mol. The lowest BCUT2D eigenvalue weighted by Crippen LogP contribution is -2.43. The fourth-order valence-electron chi connectivity index (χ4n) is 2.01. The average Bonchev–Trinajstić information content (AvgIpc) is 2.21. The van der Waals surface area contributed by atoms with Crippen LogP contribution in [-0.2, 0) is 4.74 Å². The number of rotatable bonds is 1. The second-order valence-corrected chi connectivity index (χ2v) is 3.57. The molecule has 0 aromatic rings. The Kier molecular flexibility index (Phi) is 2.79. The second kappa shape index (κ2) is 4.06. The molecule has 1 fully saturated rings. The highest BCUT2D eigenvalue weighted by atomic mass is 16.5. The lowest BCUT2D eigenvalue weighted by atomic mass is 10.0. The van der Waals surface area contributed by atoms with Crippen LogP contribution in [0.2, 0.25) is 0 Å². The van der Waals surface area contributed by atoms with Gasteiger partial charge < -0.3 is 4.74 Å². The molecular weight excluding hydrogens is 150 g/mol. The van der Waals surface area contributed by atoms with Gasteiger partial charge in [0.15, 0.2) is 0 Å². The largest absolute Gasteiger partial charge is 0.379 e. The molecule has 1 saturated heterocycles. The van der Waals surface area contributed by atoms with E-state index in [-0.39, 0.29) is 0 Å². The van der Waals surface area contributed by atoms with Crippen LogP contribution in [0.25, 0.3) is 0 Å². The minimum absolute atomic E-state index is 0.711. The lowest BCUT2D eigenvalue weighted by molar-refractivity contribution is 0.0232. The number of allylic oxidation sites excluding steroid dienone is 1. The minimum Gasteiger partial charge on any atom is -0.379 e. The summed E-state index contributed by atoms with van der Waals surface area (Å²) in [5.41, 5.74) is 0. The van der Waals surface area contributed by atoms with Crippen molar-refractivity contribution in [1.29, 1.82) is 0 Å². The smallest absolute Gasteiger partial charge is 0.0594 e. The van der Waals surface area contributed by atoms with Gasteiger partial charge in [0.05, 0.1) is 13.2 Å². The molecule has 0 unspecified atom stereocenters. The van der Waals surface area contributed by atoms with Crippen molar-refractivity contribution in [2.75, 3.05) is 26.3 Å². The summed E-state index contributed by atoms with van der Waals surface area (Å²) < 4.78 is 5.32. The first-order valence-electron chi connectivity index (χ1n) is 4.95. The van der Waals surface area contributed by atoms with Gasteiger partial charge in [-0.1, -0.05) is 12.2 Å². The van der Waals surface area contributed by atoms with E-state index in [0.717, 1.165) is 26.3 Å². The summed E-state index contributed by atoms with van der Waals surface area (Å²) in [5.74, 6) is 0. The van der Waals surface area contributed by atoms with Crippen molar-refractivity contribution in [2.24, 2.45) is 0 Å². The second-order valence-electron chi connectivity index (χ2n) is 3.57. The molecule has 2 heteroatoms. The first-order chi connectivity index (χ1) is 5.97. The Balaban J connectivity index is 1.88. The molecule has 2 nitrogen and oxygen atoms in total. The highest BCUT2D eigenvalue weighted by Gasteiger charge is 2.19. The zero-order valence-electron chi connectivity index (χ0n) is 7.54. The van der Waals surface area contributed by atoms with Crippen LogP contribution >= 0.6 is 0 Å². The molecule has 0 aromatic carbocycles. The van der Waals surface area contributed by atoms with Crippen LogP contribution in [0.5, 0.6) is 0 Å². The monoisotopic (exact) mass is 167 g/mol. The van der Waals surface area contributed by atoms with Crippen LogP contribution in [0.4, 0.5) is 0 Å². The summed E-state index contributed by atoms with van der Waals surface area (Å²) in [4.78, 5) is 2.54. The third-order valence-corrected chi connectivity index (χ3v) is 2.74. The number of morpholine rings is 1. The standard InChI is InChI=1S/C10H17NO/c1-2-4-10(5-3-1)11-6-8-12-9-7-11/h2,4,10H,1,3,5-9H2/t10-/m1/s1. The van der Waals surface area contributed by atoms with Gasteiger partial charge in [0, 0.05) is 19.1 Å². The van der Waals surface area contributed by atoms with Crippen molar-refractivity contribution in [1.82, 2.24) is 4.90 Å². The molecule has 68 valence electrons. The van der Waals surface area contributed by atoms with Gasteiger partial charge >= 0.3 is 0 Å². The van der Waals surface area contributed by atoms with E-state index in [4.69, 9.17) is 4.74 Å². The van der Waals surface area contributed by atoms with Crippen molar-refractivity contribution >= 4 is 0 Å². The Labute approximate surface area is 74.2 Å². The van der Waals surface area contributed by atoms with Crippen LogP contribution < -0.4 is 0 Å². The van der Waals surface area contributed by atoms with Crippen LogP contribution in [0.3, 0.4) is 0 Å². The Morgan fingerprint density at radius 2 is 2.08 bits per heavy atom. The Morgan fingerprint density at radius 1 is 1.25 bits per heavy atom. The van der Waals surface area contributed by atoms with Crippen molar-refractivity contribution in [3.8, 4) is 0 Å². The molecule has 0 spiro atoms. The van der Waals surface area contributed by atoms with Crippen LogP contribution in [0, 0.1) is 0 Å². The van der Waals surface area contributed by atoms with Crippen LogP contribution in [-0.4, -0.2) is 37.2 Å². The summed E-state index contributed by atoms with van der Waals surface area (Å²) in [5, 5.41) is 0. The molecule has 1 heterocycles.